The predicted octanol–water partition coefficient (Wildman–Crippen LogP) is 2.69. The molecule has 0 aromatic carbocycles. The van der Waals surface area contributed by atoms with Crippen molar-refractivity contribution in [3.8, 4) is 5.88 Å². The molecule has 1 aliphatic heterocycles. The summed E-state index contributed by atoms with van der Waals surface area (Å²) in [5.41, 5.74) is 0. The average Bonchev–Trinajstić information content (AvgIpc) is 2.48. The second kappa shape index (κ2) is 7.48. The lowest BCUT2D eigenvalue weighted by atomic mass is 9.90. The van der Waals surface area contributed by atoms with E-state index < -0.39 is 0 Å². The van der Waals surface area contributed by atoms with Crippen LogP contribution in [0.15, 0.2) is 18.2 Å². The molecule has 20 heavy (non-hydrogen) atoms. The van der Waals surface area contributed by atoms with Crippen molar-refractivity contribution in [3.05, 3.63) is 18.2 Å². The molecule has 0 bridgehead atoms. The fourth-order valence-electron chi connectivity index (χ4n) is 2.93. The Morgan fingerprint density at radius 1 is 1.35 bits per heavy atom. The van der Waals surface area contributed by atoms with E-state index in [2.05, 4.69) is 35.1 Å². The summed E-state index contributed by atoms with van der Waals surface area (Å²) in [6, 6.07) is 6.65. The molecule has 1 N–H and O–H groups in total. The van der Waals surface area contributed by atoms with Crippen LogP contribution in [0, 0.1) is 5.92 Å². The molecule has 2 rings (SSSR count). The highest BCUT2D eigenvalue weighted by atomic mass is 16.5. The first-order valence-corrected chi connectivity index (χ1v) is 7.82. The third-order valence-electron chi connectivity index (χ3n) is 4.10. The number of pyridine rings is 1. The highest BCUT2D eigenvalue weighted by molar-refractivity contribution is 5.41. The van der Waals surface area contributed by atoms with Crippen molar-refractivity contribution in [1.29, 1.82) is 0 Å². The first kappa shape index (κ1) is 15.1. The molecule has 0 spiro atoms. The van der Waals surface area contributed by atoms with Gasteiger partial charge >= 0.3 is 0 Å². The minimum absolute atomic E-state index is 0.616. The zero-order chi connectivity index (χ0) is 14.4. The second-order valence-electron chi connectivity index (χ2n) is 5.44. The SMILES string of the molecule is CCNC(C)C1CCN(c2cccc(OCC)n2)CC1. The Morgan fingerprint density at radius 3 is 2.75 bits per heavy atom. The molecule has 4 nitrogen and oxygen atoms in total. The Morgan fingerprint density at radius 2 is 2.10 bits per heavy atom. The van der Waals surface area contributed by atoms with Crippen molar-refractivity contribution in [2.24, 2.45) is 5.92 Å². The van der Waals surface area contributed by atoms with Gasteiger partial charge in [0.15, 0.2) is 0 Å². The zero-order valence-electron chi connectivity index (χ0n) is 12.9. The highest BCUT2D eigenvalue weighted by Gasteiger charge is 2.24. The summed E-state index contributed by atoms with van der Waals surface area (Å²) in [6.45, 7) is 10.4. The molecule has 2 heterocycles. The van der Waals surface area contributed by atoms with Gasteiger partial charge in [-0.05, 0) is 45.2 Å². The number of piperidine rings is 1. The van der Waals surface area contributed by atoms with Gasteiger partial charge in [0.2, 0.25) is 5.88 Å². The van der Waals surface area contributed by atoms with Crippen LogP contribution >= 0.6 is 0 Å². The fourth-order valence-corrected chi connectivity index (χ4v) is 2.93. The molecule has 0 saturated carbocycles. The Labute approximate surface area is 122 Å². The second-order valence-corrected chi connectivity index (χ2v) is 5.44. The van der Waals surface area contributed by atoms with Gasteiger partial charge < -0.3 is 15.0 Å². The van der Waals surface area contributed by atoms with Crippen LogP contribution < -0.4 is 15.0 Å². The van der Waals surface area contributed by atoms with Crippen LogP contribution in [-0.2, 0) is 0 Å². The van der Waals surface area contributed by atoms with Crippen molar-refractivity contribution in [2.75, 3.05) is 31.1 Å². The standard InChI is InChI=1S/C16H27N3O/c1-4-17-13(3)14-9-11-19(12-10-14)15-7-6-8-16(18-15)20-5-2/h6-8,13-14,17H,4-5,9-12H2,1-3H3. The zero-order valence-corrected chi connectivity index (χ0v) is 12.9. The monoisotopic (exact) mass is 277 g/mol. The first-order valence-electron chi connectivity index (χ1n) is 7.82. The largest absolute Gasteiger partial charge is 0.478 e. The maximum atomic E-state index is 5.48. The molecule has 112 valence electrons. The van der Waals surface area contributed by atoms with Gasteiger partial charge in [0.25, 0.3) is 0 Å². The van der Waals surface area contributed by atoms with Gasteiger partial charge in [-0.25, -0.2) is 0 Å². The molecule has 1 unspecified atom stereocenters. The minimum atomic E-state index is 0.616. The molecule has 0 amide bonds. The van der Waals surface area contributed by atoms with Gasteiger partial charge in [-0.2, -0.15) is 4.98 Å². The molecule has 1 atom stereocenters. The van der Waals surface area contributed by atoms with Crippen LogP contribution in [-0.4, -0.2) is 37.3 Å². The van der Waals surface area contributed by atoms with E-state index in [9.17, 15) is 0 Å². The van der Waals surface area contributed by atoms with Crippen molar-refractivity contribution >= 4 is 5.82 Å². The number of rotatable bonds is 6. The number of ether oxygens (including phenoxy) is 1. The van der Waals surface area contributed by atoms with E-state index in [-0.39, 0.29) is 0 Å². The summed E-state index contributed by atoms with van der Waals surface area (Å²) < 4.78 is 5.48. The maximum absolute atomic E-state index is 5.48. The van der Waals surface area contributed by atoms with Crippen LogP contribution in [0.4, 0.5) is 5.82 Å². The lowest BCUT2D eigenvalue weighted by Gasteiger charge is -2.35. The molecule has 1 aromatic heterocycles. The molecule has 1 aliphatic rings. The molecule has 1 fully saturated rings. The smallest absolute Gasteiger partial charge is 0.215 e. The lowest BCUT2D eigenvalue weighted by molar-refractivity contribution is 0.311. The van der Waals surface area contributed by atoms with Crippen LogP contribution in [0.25, 0.3) is 0 Å². The molecule has 1 aromatic rings. The molecule has 4 heteroatoms. The first-order chi connectivity index (χ1) is 9.74. The fraction of sp³-hybridized carbons (Fsp3) is 0.688. The van der Waals surface area contributed by atoms with Gasteiger partial charge in [-0.15, -0.1) is 0 Å². The van der Waals surface area contributed by atoms with E-state index in [1.165, 1.54) is 12.8 Å². The normalized spacial score (nSPS) is 18.1. The van der Waals surface area contributed by atoms with Crippen molar-refractivity contribution in [2.45, 2.75) is 39.7 Å². The van der Waals surface area contributed by atoms with Gasteiger partial charge in [0.1, 0.15) is 5.82 Å². The van der Waals surface area contributed by atoms with Crippen LogP contribution in [0.3, 0.4) is 0 Å². The van der Waals surface area contributed by atoms with E-state index in [0.29, 0.717) is 12.6 Å². The lowest BCUT2D eigenvalue weighted by Crippen LogP contribution is -2.42. The molecular formula is C16H27N3O. The number of hydrogen-bond donors (Lipinski definition) is 1. The van der Waals surface area contributed by atoms with Crippen molar-refractivity contribution < 1.29 is 4.74 Å². The van der Waals surface area contributed by atoms with E-state index >= 15 is 0 Å². The van der Waals surface area contributed by atoms with E-state index in [1.807, 2.05) is 19.1 Å². The Kier molecular flexibility index (Phi) is 5.65. The van der Waals surface area contributed by atoms with Gasteiger partial charge in [0, 0.05) is 25.2 Å². The molecular weight excluding hydrogens is 250 g/mol. The van der Waals surface area contributed by atoms with E-state index in [1.54, 1.807) is 0 Å². The maximum Gasteiger partial charge on any atom is 0.215 e. The Bertz CT molecular complexity index is 402. The van der Waals surface area contributed by atoms with Crippen LogP contribution in [0.1, 0.15) is 33.6 Å². The highest BCUT2D eigenvalue weighted by Crippen LogP contribution is 2.25. The van der Waals surface area contributed by atoms with Gasteiger partial charge in [-0.3, -0.25) is 0 Å². The summed E-state index contributed by atoms with van der Waals surface area (Å²) in [5, 5.41) is 3.54. The molecule has 0 radical (unpaired) electrons. The predicted molar refractivity (Wildman–Crippen MR) is 83.5 cm³/mol. The number of anilines is 1. The topological polar surface area (TPSA) is 37.4 Å². The average molecular weight is 277 g/mol. The quantitative estimate of drug-likeness (QED) is 0.867. The summed E-state index contributed by atoms with van der Waals surface area (Å²) in [5.74, 6) is 2.56. The van der Waals surface area contributed by atoms with Gasteiger partial charge in [0.05, 0.1) is 6.61 Å². The third kappa shape index (κ3) is 3.85. The van der Waals surface area contributed by atoms with E-state index in [4.69, 9.17) is 4.74 Å². The number of nitrogens with one attached hydrogen (secondary N) is 1. The Hall–Kier alpha value is -1.29. The van der Waals surface area contributed by atoms with Crippen LogP contribution in [0.5, 0.6) is 5.88 Å². The van der Waals surface area contributed by atoms with Crippen LogP contribution in [0.2, 0.25) is 0 Å². The summed E-state index contributed by atoms with van der Waals surface area (Å²) in [7, 11) is 0. The van der Waals surface area contributed by atoms with Crippen molar-refractivity contribution in [3.63, 3.8) is 0 Å². The Balaban J connectivity index is 1.91. The molecule has 1 saturated heterocycles. The summed E-state index contributed by atoms with van der Waals surface area (Å²) >= 11 is 0. The van der Waals surface area contributed by atoms with Gasteiger partial charge in [-0.1, -0.05) is 13.0 Å². The third-order valence-corrected chi connectivity index (χ3v) is 4.10. The minimum Gasteiger partial charge on any atom is -0.478 e. The number of aromatic nitrogens is 1. The molecule has 0 aliphatic carbocycles. The van der Waals surface area contributed by atoms with Crippen molar-refractivity contribution in [1.82, 2.24) is 10.3 Å². The number of nitrogens with zero attached hydrogens (tertiary/aromatic N) is 2. The summed E-state index contributed by atoms with van der Waals surface area (Å²) in [4.78, 5) is 6.95. The van der Waals surface area contributed by atoms with E-state index in [0.717, 1.165) is 37.3 Å². The summed E-state index contributed by atoms with van der Waals surface area (Å²) in [6.07, 6.45) is 2.46. The number of hydrogen-bond acceptors (Lipinski definition) is 4.